The van der Waals surface area contributed by atoms with Crippen molar-refractivity contribution in [3.8, 4) is 22.9 Å². The van der Waals surface area contributed by atoms with Crippen LogP contribution in [0.25, 0.3) is 11.4 Å². The van der Waals surface area contributed by atoms with Crippen molar-refractivity contribution in [1.82, 2.24) is 24.2 Å². The molecule has 0 radical (unpaired) electrons. The molecule has 40 heavy (non-hydrogen) atoms. The maximum absolute atomic E-state index is 13.4. The molecule has 0 saturated carbocycles. The Labute approximate surface area is 234 Å². The van der Waals surface area contributed by atoms with E-state index in [1.54, 1.807) is 55.5 Å². The van der Waals surface area contributed by atoms with Crippen LogP contribution in [0.5, 0.6) is 11.5 Å². The van der Waals surface area contributed by atoms with Crippen molar-refractivity contribution < 1.29 is 27.2 Å². The van der Waals surface area contributed by atoms with E-state index in [0.29, 0.717) is 62.5 Å². The van der Waals surface area contributed by atoms with E-state index < -0.39 is 10.0 Å². The molecule has 5 rings (SSSR count). The van der Waals surface area contributed by atoms with Crippen LogP contribution in [0, 0.1) is 12.8 Å². The van der Waals surface area contributed by atoms with Crippen LogP contribution in [0.4, 0.5) is 0 Å². The van der Waals surface area contributed by atoms with E-state index in [9.17, 15) is 13.2 Å². The molecule has 1 unspecified atom stereocenters. The molecule has 2 aromatic carbocycles. The number of aromatic nitrogens is 2. The van der Waals surface area contributed by atoms with E-state index in [0.717, 1.165) is 30.5 Å². The summed E-state index contributed by atoms with van der Waals surface area (Å²) in [6.07, 6.45) is 1.69. The molecule has 0 spiro atoms. The number of benzene rings is 2. The van der Waals surface area contributed by atoms with Crippen LogP contribution >= 0.6 is 0 Å². The number of piperidine rings is 1. The van der Waals surface area contributed by atoms with Crippen molar-refractivity contribution in [2.45, 2.75) is 31.2 Å². The van der Waals surface area contributed by atoms with Gasteiger partial charge in [-0.2, -0.15) is 9.29 Å². The zero-order valence-corrected chi connectivity index (χ0v) is 23.9. The summed E-state index contributed by atoms with van der Waals surface area (Å²) < 4.78 is 43.7. The van der Waals surface area contributed by atoms with Crippen LogP contribution in [0.2, 0.25) is 0 Å². The highest BCUT2D eigenvalue weighted by Crippen LogP contribution is 2.31. The molecule has 3 heterocycles. The summed E-state index contributed by atoms with van der Waals surface area (Å²) in [5, 5.41) is 4.13. The molecule has 0 bridgehead atoms. The van der Waals surface area contributed by atoms with Crippen LogP contribution in [-0.4, -0.2) is 92.1 Å². The zero-order chi connectivity index (χ0) is 28.3. The lowest BCUT2D eigenvalue weighted by atomic mass is 9.96. The number of ether oxygens (including phenoxy) is 2. The molecule has 3 aromatic rings. The Morgan fingerprint density at radius 3 is 2.42 bits per heavy atom. The second-order valence-electron chi connectivity index (χ2n) is 10.2. The minimum Gasteiger partial charge on any atom is -0.493 e. The lowest BCUT2D eigenvalue weighted by molar-refractivity contribution is -0.138. The zero-order valence-electron chi connectivity index (χ0n) is 23.1. The first-order chi connectivity index (χ1) is 19.3. The second-order valence-corrected chi connectivity index (χ2v) is 12.1. The largest absolute Gasteiger partial charge is 0.493 e. The Kier molecular flexibility index (Phi) is 8.38. The van der Waals surface area contributed by atoms with E-state index in [4.69, 9.17) is 14.0 Å². The number of likely N-dealkylation sites (tertiary alicyclic amines) is 1. The number of methoxy groups -OCH3 is 2. The summed E-state index contributed by atoms with van der Waals surface area (Å²) in [7, 11) is -0.416. The standard InChI is InChI=1S/C28H35N5O6S/c1-20-6-9-23(10-7-20)40(35,36)33-15-13-32(14-16-33)28(34)22-5-4-12-31(18-22)19-26-29-27(30-39-26)21-8-11-24(37-2)25(17-21)38-3/h6-11,17,22H,4-5,12-16,18-19H2,1-3H3. The molecule has 0 aliphatic carbocycles. The number of sulfonamides is 1. The lowest BCUT2D eigenvalue weighted by Gasteiger charge is -2.38. The molecule has 2 aliphatic rings. The average Bonchev–Trinajstić information content (AvgIpc) is 3.45. The minimum atomic E-state index is -3.57. The number of piperazine rings is 1. The summed E-state index contributed by atoms with van der Waals surface area (Å²) in [4.78, 5) is 22.2. The first kappa shape index (κ1) is 28.1. The summed E-state index contributed by atoms with van der Waals surface area (Å²) in [6, 6.07) is 12.3. The second kappa shape index (κ2) is 11.9. The van der Waals surface area contributed by atoms with Gasteiger partial charge in [0.15, 0.2) is 11.5 Å². The van der Waals surface area contributed by atoms with E-state index in [1.807, 2.05) is 13.0 Å². The van der Waals surface area contributed by atoms with Gasteiger partial charge in [-0.25, -0.2) is 8.42 Å². The fourth-order valence-corrected chi connectivity index (χ4v) is 6.69. The molecule has 2 fully saturated rings. The lowest BCUT2D eigenvalue weighted by Crippen LogP contribution is -2.53. The van der Waals surface area contributed by atoms with Gasteiger partial charge in [0.1, 0.15) is 0 Å². The molecule has 2 saturated heterocycles. The van der Waals surface area contributed by atoms with E-state index in [2.05, 4.69) is 15.0 Å². The van der Waals surface area contributed by atoms with Gasteiger partial charge in [-0.3, -0.25) is 9.69 Å². The number of carbonyl (C=O) groups excluding carboxylic acids is 1. The number of aryl methyl sites for hydroxylation is 1. The first-order valence-corrected chi connectivity index (χ1v) is 14.9. The topological polar surface area (TPSA) is 118 Å². The van der Waals surface area contributed by atoms with Gasteiger partial charge in [0.05, 0.1) is 31.6 Å². The Balaban J connectivity index is 1.16. The quantitative estimate of drug-likeness (QED) is 0.403. The van der Waals surface area contributed by atoms with Crippen LogP contribution in [0.3, 0.4) is 0 Å². The van der Waals surface area contributed by atoms with Crippen LogP contribution in [0.1, 0.15) is 24.3 Å². The number of nitrogens with zero attached hydrogens (tertiary/aromatic N) is 5. The van der Waals surface area contributed by atoms with E-state index in [1.165, 1.54) is 4.31 Å². The Morgan fingerprint density at radius 2 is 1.73 bits per heavy atom. The Morgan fingerprint density at radius 1 is 1.00 bits per heavy atom. The van der Waals surface area contributed by atoms with Crippen molar-refractivity contribution in [2.24, 2.45) is 5.92 Å². The normalized spacial score (nSPS) is 19.0. The van der Waals surface area contributed by atoms with Gasteiger partial charge < -0.3 is 18.9 Å². The summed E-state index contributed by atoms with van der Waals surface area (Å²) in [5.41, 5.74) is 1.76. The van der Waals surface area contributed by atoms with E-state index in [-0.39, 0.29) is 16.7 Å². The predicted molar refractivity (Wildman–Crippen MR) is 147 cm³/mol. The first-order valence-electron chi connectivity index (χ1n) is 13.4. The van der Waals surface area contributed by atoms with Crippen LogP contribution < -0.4 is 9.47 Å². The molecular weight excluding hydrogens is 534 g/mol. The molecule has 11 nitrogen and oxygen atoms in total. The molecule has 2 aliphatic heterocycles. The average molecular weight is 570 g/mol. The van der Waals surface area contributed by atoms with Crippen LogP contribution in [-0.2, 0) is 21.4 Å². The SMILES string of the molecule is COc1ccc(-c2noc(CN3CCCC(C(=O)N4CCN(S(=O)(=O)c5ccc(C)cc5)CC4)C3)n2)cc1OC. The highest BCUT2D eigenvalue weighted by molar-refractivity contribution is 7.89. The van der Waals surface area contributed by atoms with Gasteiger partial charge in [-0.15, -0.1) is 0 Å². The monoisotopic (exact) mass is 569 g/mol. The molecule has 1 aromatic heterocycles. The van der Waals surface area contributed by atoms with Crippen molar-refractivity contribution in [3.63, 3.8) is 0 Å². The molecule has 12 heteroatoms. The number of amides is 1. The third-order valence-corrected chi connectivity index (χ3v) is 9.45. The number of rotatable bonds is 8. The fourth-order valence-electron chi connectivity index (χ4n) is 5.27. The number of hydrogen-bond donors (Lipinski definition) is 0. The van der Waals surface area contributed by atoms with Crippen molar-refractivity contribution in [2.75, 3.05) is 53.5 Å². The maximum atomic E-state index is 13.4. The third-order valence-electron chi connectivity index (χ3n) is 7.53. The van der Waals surface area contributed by atoms with Gasteiger partial charge >= 0.3 is 0 Å². The maximum Gasteiger partial charge on any atom is 0.243 e. The number of carbonyl (C=O) groups is 1. The predicted octanol–water partition coefficient (Wildman–Crippen LogP) is 2.81. The summed E-state index contributed by atoms with van der Waals surface area (Å²) in [6.45, 7) is 5.16. The van der Waals surface area contributed by atoms with Gasteiger partial charge in [-0.05, 0) is 56.6 Å². The molecular formula is C28H35N5O6S. The third kappa shape index (κ3) is 5.98. The molecule has 1 amide bonds. The van der Waals surface area contributed by atoms with Gasteiger partial charge in [0.25, 0.3) is 0 Å². The highest BCUT2D eigenvalue weighted by atomic mass is 32.2. The van der Waals surface area contributed by atoms with E-state index >= 15 is 0 Å². The van der Waals surface area contributed by atoms with Crippen molar-refractivity contribution in [3.05, 3.63) is 53.9 Å². The highest BCUT2D eigenvalue weighted by Gasteiger charge is 2.34. The smallest absolute Gasteiger partial charge is 0.243 e. The molecule has 214 valence electrons. The Bertz CT molecular complexity index is 1430. The van der Waals surface area contributed by atoms with Crippen LogP contribution in [0.15, 0.2) is 51.9 Å². The minimum absolute atomic E-state index is 0.0774. The van der Waals surface area contributed by atoms with Crippen molar-refractivity contribution in [1.29, 1.82) is 0 Å². The van der Waals surface area contributed by atoms with Crippen molar-refractivity contribution >= 4 is 15.9 Å². The number of hydrogen-bond acceptors (Lipinski definition) is 9. The summed E-state index contributed by atoms with van der Waals surface area (Å²) >= 11 is 0. The van der Waals surface area contributed by atoms with Gasteiger partial charge in [0.2, 0.25) is 27.6 Å². The molecule has 0 N–H and O–H groups in total. The van der Waals surface area contributed by atoms with Gasteiger partial charge in [0, 0.05) is 38.3 Å². The van der Waals surface area contributed by atoms with Gasteiger partial charge in [-0.1, -0.05) is 22.9 Å². The fraction of sp³-hybridized carbons (Fsp3) is 0.464. The molecule has 1 atom stereocenters. The summed E-state index contributed by atoms with van der Waals surface area (Å²) in [5.74, 6) is 2.06. The Hall–Kier alpha value is -3.48.